The number of ether oxygens (including phenoxy) is 2. The molecule has 0 radical (unpaired) electrons. The van der Waals surface area contributed by atoms with Crippen LogP contribution in [0.1, 0.15) is 24.0 Å². The molecule has 1 saturated carbocycles. The third-order valence-electron chi connectivity index (χ3n) is 3.43. The maximum Gasteiger partial charge on any atom is 0.128 e. The second-order valence-corrected chi connectivity index (χ2v) is 5.73. The predicted molar refractivity (Wildman–Crippen MR) is 69.1 cm³/mol. The van der Waals surface area contributed by atoms with Gasteiger partial charge in [0.25, 0.3) is 0 Å². The van der Waals surface area contributed by atoms with Crippen LogP contribution < -0.4 is 10.5 Å². The van der Waals surface area contributed by atoms with Gasteiger partial charge in [0.05, 0.1) is 19.3 Å². The zero-order valence-electron chi connectivity index (χ0n) is 9.62. The van der Waals surface area contributed by atoms with Crippen LogP contribution in [0.25, 0.3) is 0 Å². The lowest BCUT2D eigenvalue weighted by Gasteiger charge is -2.32. The number of hydrogen-bond acceptors (Lipinski definition) is 3. The van der Waals surface area contributed by atoms with E-state index >= 15 is 0 Å². The van der Waals surface area contributed by atoms with Crippen LogP contribution in [0.4, 0.5) is 0 Å². The van der Waals surface area contributed by atoms with Gasteiger partial charge < -0.3 is 15.2 Å². The van der Waals surface area contributed by atoms with Crippen LogP contribution in [-0.2, 0) is 17.8 Å². The van der Waals surface area contributed by atoms with Crippen LogP contribution in [0.5, 0.6) is 5.75 Å². The molecule has 0 amide bonds. The Morgan fingerprint density at radius 1 is 1.41 bits per heavy atom. The topological polar surface area (TPSA) is 44.5 Å². The minimum Gasteiger partial charge on any atom is -0.493 e. The van der Waals surface area contributed by atoms with Gasteiger partial charge in [0.2, 0.25) is 0 Å². The second-order valence-electron chi connectivity index (χ2n) is 4.82. The lowest BCUT2D eigenvalue weighted by molar-refractivity contribution is -0.0194. The van der Waals surface area contributed by atoms with Crippen molar-refractivity contribution >= 4 is 15.9 Å². The van der Waals surface area contributed by atoms with E-state index < -0.39 is 0 Å². The summed E-state index contributed by atoms with van der Waals surface area (Å²) in [5.41, 5.74) is 8.17. The van der Waals surface area contributed by atoms with Crippen molar-refractivity contribution in [3.8, 4) is 5.75 Å². The monoisotopic (exact) mass is 297 g/mol. The Bertz CT molecular complexity index is 430. The van der Waals surface area contributed by atoms with Crippen LogP contribution in [0, 0.1) is 0 Å². The van der Waals surface area contributed by atoms with Gasteiger partial charge in [0.15, 0.2) is 0 Å². The summed E-state index contributed by atoms with van der Waals surface area (Å²) in [5, 5.41) is 0. The predicted octanol–water partition coefficient (Wildman–Crippen LogP) is 2.39. The van der Waals surface area contributed by atoms with Crippen LogP contribution in [0.15, 0.2) is 16.6 Å². The number of rotatable bonds is 3. The van der Waals surface area contributed by atoms with Gasteiger partial charge in [-0.25, -0.2) is 0 Å². The quantitative estimate of drug-likeness (QED) is 0.932. The summed E-state index contributed by atoms with van der Waals surface area (Å²) in [5.74, 6) is 1.02. The summed E-state index contributed by atoms with van der Waals surface area (Å²) < 4.78 is 12.6. The number of fused-ring (bicyclic) bond motifs is 1. The molecule has 2 N–H and O–H groups in total. The molecule has 3 nitrogen and oxygen atoms in total. The maximum absolute atomic E-state index is 5.83. The third-order valence-corrected chi connectivity index (χ3v) is 3.89. The average Bonchev–Trinajstić information content (AvgIpc) is 2.70. The fourth-order valence-corrected chi connectivity index (χ4v) is 2.96. The normalized spacial score (nSPS) is 26.2. The molecule has 0 saturated heterocycles. The molecule has 1 aromatic carbocycles. The number of benzene rings is 1. The van der Waals surface area contributed by atoms with Crippen LogP contribution in [0.3, 0.4) is 0 Å². The molecule has 1 aromatic rings. The molecule has 1 aliphatic heterocycles. The van der Waals surface area contributed by atoms with Crippen molar-refractivity contribution < 1.29 is 9.47 Å². The Kier molecular flexibility index (Phi) is 3.11. The number of halogens is 1. The summed E-state index contributed by atoms with van der Waals surface area (Å²) in [6.07, 6.45) is 3.30. The summed E-state index contributed by atoms with van der Waals surface area (Å²) in [4.78, 5) is 0. The smallest absolute Gasteiger partial charge is 0.128 e. The van der Waals surface area contributed by atoms with E-state index in [9.17, 15) is 0 Å². The lowest BCUT2D eigenvalue weighted by Crippen LogP contribution is -2.41. The van der Waals surface area contributed by atoms with E-state index in [0.29, 0.717) is 18.8 Å². The van der Waals surface area contributed by atoms with E-state index in [1.807, 2.05) is 0 Å². The molecule has 0 aromatic heterocycles. The molecule has 92 valence electrons. The van der Waals surface area contributed by atoms with Crippen molar-refractivity contribution in [2.24, 2.45) is 5.73 Å². The highest BCUT2D eigenvalue weighted by Gasteiger charge is 2.27. The van der Waals surface area contributed by atoms with Crippen LogP contribution >= 0.6 is 15.9 Å². The minimum absolute atomic E-state index is 0.334. The molecule has 17 heavy (non-hydrogen) atoms. The first-order valence-electron chi connectivity index (χ1n) is 6.03. The molecule has 0 spiro atoms. The van der Waals surface area contributed by atoms with E-state index in [0.717, 1.165) is 41.7 Å². The van der Waals surface area contributed by atoms with E-state index in [4.69, 9.17) is 15.2 Å². The van der Waals surface area contributed by atoms with E-state index in [1.54, 1.807) is 0 Å². The molecule has 0 bridgehead atoms. The van der Waals surface area contributed by atoms with E-state index in [2.05, 4.69) is 28.1 Å². The largest absolute Gasteiger partial charge is 0.493 e. The number of nitrogens with two attached hydrogens (primary N) is 1. The van der Waals surface area contributed by atoms with Crippen LogP contribution in [-0.4, -0.2) is 18.8 Å². The Hall–Kier alpha value is -0.580. The highest BCUT2D eigenvalue weighted by molar-refractivity contribution is 9.10. The molecule has 4 heteroatoms. The summed E-state index contributed by atoms with van der Waals surface area (Å²) in [6, 6.07) is 4.55. The first-order chi connectivity index (χ1) is 8.22. The van der Waals surface area contributed by atoms with E-state index in [-0.39, 0.29) is 0 Å². The summed E-state index contributed by atoms with van der Waals surface area (Å²) in [7, 11) is 0. The minimum atomic E-state index is 0.334. The van der Waals surface area contributed by atoms with Crippen molar-refractivity contribution in [3.63, 3.8) is 0 Å². The average molecular weight is 298 g/mol. The van der Waals surface area contributed by atoms with Gasteiger partial charge in [-0.15, -0.1) is 0 Å². The fraction of sp³-hybridized carbons (Fsp3) is 0.538. The zero-order valence-corrected chi connectivity index (χ0v) is 11.2. The first kappa shape index (κ1) is 11.5. The van der Waals surface area contributed by atoms with Gasteiger partial charge in [-0.05, 0) is 30.5 Å². The summed E-state index contributed by atoms with van der Waals surface area (Å²) in [6.45, 7) is 1.41. The highest BCUT2D eigenvalue weighted by Crippen LogP contribution is 2.34. The molecule has 3 rings (SSSR count). The lowest BCUT2D eigenvalue weighted by atomic mass is 9.90. The molecule has 2 aliphatic rings. The highest BCUT2D eigenvalue weighted by atomic mass is 79.9. The third kappa shape index (κ3) is 2.34. The van der Waals surface area contributed by atoms with Gasteiger partial charge in [0.1, 0.15) is 5.75 Å². The standard InChI is InChI=1S/C13H16BrNO2/c14-10-3-8-1-2-16-13(8)9(4-10)7-17-12-5-11(15)6-12/h3-4,11-12H,1-2,5-7,15H2. The van der Waals surface area contributed by atoms with Crippen molar-refractivity contribution in [1.29, 1.82) is 0 Å². The van der Waals surface area contributed by atoms with Gasteiger partial charge in [-0.2, -0.15) is 0 Å². The van der Waals surface area contributed by atoms with Crippen molar-refractivity contribution in [3.05, 3.63) is 27.7 Å². The van der Waals surface area contributed by atoms with Crippen LogP contribution in [0.2, 0.25) is 0 Å². The molecular formula is C13H16BrNO2. The van der Waals surface area contributed by atoms with E-state index in [1.165, 1.54) is 5.56 Å². The number of hydrogen-bond donors (Lipinski definition) is 1. The Morgan fingerprint density at radius 2 is 2.24 bits per heavy atom. The molecule has 0 atom stereocenters. The molecule has 1 heterocycles. The molecule has 1 aliphatic carbocycles. The zero-order chi connectivity index (χ0) is 11.8. The fourth-order valence-electron chi connectivity index (χ4n) is 2.40. The molecule has 0 unspecified atom stereocenters. The first-order valence-corrected chi connectivity index (χ1v) is 6.83. The SMILES string of the molecule is NC1CC(OCc2cc(Br)cc3c2OCC3)C1. The maximum atomic E-state index is 5.83. The van der Waals surface area contributed by atoms with Gasteiger partial charge in [0, 0.05) is 22.5 Å². The van der Waals surface area contributed by atoms with Gasteiger partial charge in [-0.1, -0.05) is 15.9 Å². The van der Waals surface area contributed by atoms with Gasteiger partial charge >= 0.3 is 0 Å². The Labute approximate surface area is 109 Å². The Balaban J connectivity index is 1.70. The van der Waals surface area contributed by atoms with Gasteiger partial charge in [-0.3, -0.25) is 0 Å². The second kappa shape index (κ2) is 4.59. The van der Waals surface area contributed by atoms with Crippen molar-refractivity contribution in [2.75, 3.05) is 6.61 Å². The Morgan fingerprint density at radius 3 is 3.00 bits per heavy atom. The molecule has 1 fully saturated rings. The van der Waals surface area contributed by atoms with Crippen molar-refractivity contribution in [1.82, 2.24) is 0 Å². The molecular weight excluding hydrogens is 282 g/mol. The van der Waals surface area contributed by atoms with Crippen molar-refractivity contribution in [2.45, 2.75) is 38.0 Å². The summed E-state index contributed by atoms with van der Waals surface area (Å²) >= 11 is 3.53.